The highest BCUT2D eigenvalue weighted by Crippen LogP contribution is 2.33. The highest BCUT2D eigenvalue weighted by Gasteiger charge is 2.15. The van der Waals surface area contributed by atoms with E-state index in [1.165, 1.54) is 18.2 Å². The summed E-state index contributed by atoms with van der Waals surface area (Å²) in [5.41, 5.74) is 0.651. The molecule has 0 saturated carbocycles. The van der Waals surface area contributed by atoms with Crippen LogP contribution in [0.3, 0.4) is 0 Å². The Kier molecular flexibility index (Phi) is 3.99. The summed E-state index contributed by atoms with van der Waals surface area (Å²) in [4.78, 5) is 22.4. The van der Waals surface area contributed by atoms with Crippen molar-refractivity contribution in [2.45, 2.75) is 0 Å². The van der Waals surface area contributed by atoms with Crippen molar-refractivity contribution in [3.05, 3.63) is 68.7 Å². The summed E-state index contributed by atoms with van der Waals surface area (Å²) in [6.07, 6.45) is 2.94. The summed E-state index contributed by atoms with van der Waals surface area (Å²) in [5.74, 6) is 0.908. The van der Waals surface area contributed by atoms with Crippen LogP contribution in [0.15, 0.2) is 42.5 Å². The molecular weight excluding hydrogens is 322 g/mol. The molecule has 2 aromatic carbocycles. The largest absolute Gasteiger partial charge is 0.454 e. The molecule has 1 heterocycles. The Hall–Kier alpha value is -2.86. The number of ketones is 1. The molecule has 0 unspecified atom stereocenters. The van der Waals surface area contributed by atoms with Crippen molar-refractivity contribution < 1.29 is 19.2 Å². The van der Waals surface area contributed by atoms with E-state index in [0.717, 1.165) is 11.6 Å². The lowest BCUT2D eigenvalue weighted by Gasteiger charge is -1.99. The molecule has 116 valence electrons. The van der Waals surface area contributed by atoms with Crippen LogP contribution in [0.2, 0.25) is 5.02 Å². The number of nitro benzene ring substituents is 1. The minimum atomic E-state index is -0.624. The predicted molar refractivity (Wildman–Crippen MR) is 84.0 cm³/mol. The van der Waals surface area contributed by atoms with Crippen molar-refractivity contribution >= 4 is 29.1 Å². The number of hydrogen-bond donors (Lipinski definition) is 0. The number of rotatable bonds is 4. The van der Waals surface area contributed by atoms with Crippen LogP contribution in [-0.2, 0) is 0 Å². The number of hydrogen-bond acceptors (Lipinski definition) is 5. The van der Waals surface area contributed by atoms with Gasteiger partial charge in [0.05, 0.1) is 4.92 Å². The van der Waals surface area contributed by atoms with E-state index in [1.807, 2.05) is 0 Å². The molecule has 1 aliphatic heterocycles. The third-order valence-corrected chi connectivity index (χ3v) is 3.57. The monoisotopic (exact) mass is 331 g/mol. The second kappa shape index (κ2) is 6.10. The van der Waals surface area contributed by atoms with Gasteiger partial charge in [-0.2, -0.15) is 0 Å². The average molecular weight is 332 g/mol. The van der Waals surface area contributed by atoms with E-state index in [4.69, 9.17) is 21.1 Å². The van der Waals surface area contributed by atoms with Gasteiger partial charge >= 0.3 is 0 Å². The molecule has 0 fully saturated rings. The molecular formula is C16H10ClNO5. The quantitative estimate of drug-likeness (QED) is 0.368. The van der Waals surface area contributed by atoms with E-state index in [9.17, 15) is 14.9 Å². The van der Waals surface area contributed by atoms with Gasteiger partial charge in [0.15, 0.2) is 17.3 Å². The summed E-state index contributed by atoms with van der Waals surface area (Å²) in [7, 11) is 0. The predicted octanol–water partition coefficient (Wildman–Crippen LogP) is 3.87. The summed E-state index contributed by atoms with van der Waals surface area (Å²) in [5, 5.41) is 10.8. The van der Waals surface area contributed by atoms with Crippen LogP contribution in [0.25, 0.3) is 6.08 Å². The molecule has 0 amide bonds. The average Bonchev–Trinajstić information content (AvgIpc) is 3.00. The molecule has 0 saturated heterocycles. The zero-order chi connectivity index (χ0) is 16.4. The zero-order valence-corrected chi connectivity index (χ0v) is 12.4. The lowest BCUT2D eigenvalue weighted by Crippen LogP contribution is -1.97. The second-order valence-electron chi connectivity index (χ2n) is 4.73. The summed E-state index contributed by atoms with van der Waals surface area (Å²) in [6, 6.07) is 9.22. The van der Waals surface area contributed by atoms with E-state index >= 15 is 0 Å². The number of nitro groups is 1. The molecule has 0 N–H and O–H groups in total. The van der Waals surface area contributed by atoms with E-state index in [2.05, 4.69) is 0 Å². The van der Waals surface area contributed by atoms with Crippen molar-refractivity contribution in [1.29, 1.82) is 0 Å². The number of benzene rings is 2. The maximum Gasteiger partial charge on any atom is 0.288 e. The zero-order valence-electron chi connectivity index (χ0n) is 11.7. The molecule has 0 aromatic heterocycles. The van der Waals surface area contributed by atoms with Crippen LogP contribution in [-0.4, -0.2) is 17.5 Å². The lowest BCUT2D eigenvalue weighted by molar-refractivity contribution is -0.384. The Bertz CT molecular complexity index is 831. The number of ether oxygens (including phenoxy) is 2. The Morgan fingerprint density at radius 2 is 1.96 bits per heavy atom. The van der Waals surface area contributed by atoms with Crippen molar-refractivity contribution in [2.75, 3.05) is 6.79 Å². The summed E-state index contributed by atoms with van der Waals surface area (Å²) in [6.45, 7) is 0.176. The maximum absolute atomic E-state index is 12.1. The maximum atomic E-state index is 12.1. The Morgan fingerprint density at radius 1 is 1.17 bits per heavy atom. The van der Waals surface area contributed by atoms with Gasteiger partial charge in [-0.3, -0.25) is 14.9 Å². The van der Waals surface area contributed by atoms with Crippen LogP contribution in [0.5, 0.6) is 11.5 Å². The number of nitrogens with zero attached hydrogens (tertiary/aromatic N) is 1. The van der Waals surface area contributed by atoms with Gasteiger partial charge in [0.1, 0.15) is 5.02 Å². The SMILES string of the molecule is O=C(/C=C/c1ccc2c(c1)OCO2)c1ccc(Cl)c([N+](=O)[O-])c1. The Labute approximate surface area is 136 Å². The number of carbonyl (C=O) groups excluding carboxylic acids is 1. The highest BCUT2D eigenvalue weighted by atomic mass is 35.5. The van der Waals surface area contributed by atoms with Crippen molar-refractivity contribution in [1.82, 2.24) is 0 Å². The number of halogens is 1. The van der Waals surface area contributed by atoms with Crippen LogP contribution < -0.4 is 9.47 Å². The fourth-order valence-corrected chi connectivity index (χ4v) is 2.28. The van der Waals surface area contributed by atoms with E-state index < -0.39 is 4.92 Å². The van der Waals surface area contributed by atoms with Crippen molar-refractivity contribution in [2.24, 2.45) is 0 Å². The first-order valence-electron chi connectivity index (χ1n) is 6.60. The second-order valence-corrected chi connectivity index (χ2v) is 5.14. The number of carbonyl (C=O) groups is 1. The van der Waals surface area contributed by atoms with E-state index in [1.54, 1.807) is 24.3 Å². The van der Waals surface area contributed by atoms with Crippen LogP contribution >= 0.6 is 11.6 Å². The lowest BCUT2D eigenvalue weighted by atomic mass is 10.1. The van der Waals surface area contributed by atoms with Gasteiger partial charge in [-0.1, -0.05) is 23.7 Å². The fourth-order valence-electron chi connectivity index (χ4n) is 2.09. The van der Waals surface area contributed by atoms with Gasteiger partial charge in [0.25, 0.3) is 5.69 Å². The number of allylic oxidation sites excluding steroid dienone is 1. The van der Waals surface area contributed by atoms with E-state index in [0.29, 0.717) is 11.5 Å². The molecule has 0 bridgehead atoms. The third-order valence-electron chi connectivity index (χ3n) is 3.25. The molecule has 1 aliphatic rings. The molecule has 0 aliphatic carbocycles. The molecule has 2 aromatic rings. The van der Waals surface area contributed by atoms with Gasteiger partial charge in [0, 0.05) is 11.6 Å². The summed E-state index contributed by atoms with van der Waals surface area (Å²) >= 11 is 5.73. The Morgan fingerprint density at radius 3 is 2.74 bits per heavy atom. The normalized spacial score (nSPS) is 12.6. The molecule has 0 radical (unpaired) electrons. The first-order valence-corrected chi connectivity index (χ1v) is 6.98. The van der Waals surface area contributed by atoms with Crippen molar-refractivity contribution in [3.8, 4) is 11.5 Å². The van der Waals surface area contributed by atoms with Gasteiger partial charge in [0.2, 0.25) is 6.79 Å². The minimum Gasteiger partial charge on any atom is -0.454 e. The first kappa shape index (κ1) is 15.1. The molecule has 0 atom stereocenters. The molecule has 6 nitrogen and oxygen atoms in total. The topological polar surface area (TPSA) is 78.7 Å². The van der Waals surface area contributed by atoms with Gasteiger partial charge in [-0.25, -0.2) is 0 Å². The smallest absolute Gasteiger partial charge is 0.288 e. The van der Waals surface area contributed by atoms with Crippen LogP contribution in [0.4, 0.5) is 5.69 Å². The van der Waals surface area contributed by atoms with Gasteiger partial charge in [-0.15, -0.1) is 0 Å². The van der Waals surface area contributed by atoms with Crippen LogP contribution in [0, 0.1) is 10.1 Å². The minimum absolute atomic E-state index is 0.00806. The van der Waals surface area contributed by atoms with Crippen LogP contribution in [0.1, 0.15) is 15.9 Å². The molecule has 23 heavy (non-hydrogen) atoms. The molecule has 7 heteroatoms. The van der Waals surface area contributed by atoms with E-state index in [-0.39, 0.29) is 28.8 Å². The standard InChI is InChI=1S/C16H10ClNO5/c17-12-4-3-11(8-13(12)18(20)21)14(19)5-1-10-2-6-15-16(7-10)23-9-22-15/h1-8H,9H2/b5-1+. The highest BCUT2D eigenvalue weighted by molar-refractivity contribution is 6.32. The van der Waals surface area contributed by atoms with Crippen molar-refractivity contribution in [3.63, 3.8) is 0 Å². The third kappa shape index (κ3) is 3.17. The Balaban J connectivity index is 1.81. The van der Waals surface area contributed by atoms with Gasteiger partial charge in [-0.05, 0) is 35.9 Å². The molecule has 3 rings (SSSR count). The first-order chi connectivity index (χ1) is 11.0. The van der Waals surface area contributed by atoms with Gasteiger partial charge < -0.3 is 9.47 Å². The number of fused-ring (bicyclic) bond motifs is 1. The summed E-state index contributed by atoms with van der Waals surface area (Å²) < 4.78 is 10.5. The molecule has 0 spiro atoms. The fraction of sp³-hybridized carbons (Fsp3) is 0.0625.